The second-order valence-electron chi connectivity index (χ2n) is 6.12. The Balaban J connectivity index is 1.84. The molecule has 0 radical (unpaired) electrons. The number of carbonyl (C=O) groups is 2. The molecule has 3 rings (SSSR count). The molecule has 3 aromatic carbocycles. The van der Waals surface area contributed by atoms with Crippen molar-refractivity contribution in [1.29, 1.82) is 0 Å². The summed E-state index contributed by atoms with van der Waals surface area (Å²) in [5.74, 6) is -0.927. The molecular formula is C22H18BrNO3. The molecule has 0 fully saturated rings. The minimum Gasteiger partial charge on any atom is -0.478 e. The van der Waals surface area contributed by atoms with E-state index in [9.17, 15) is 9.59 Å². The van der Waals surface area contributed by atoms with E-state index < -0.39 is 5.97 Å². The van der Waals surface area contributed by atoms with Crippen LogP contribution in [0, 0.1) is 0 Å². The van der Waals surface area contributed by atoms with Gasteiger partial charge in [0.15, 0.2) is 5.78 Å². The van der Waals surface area contributed by atoms with E-state index >= 15 is 0 Å². The molecule has 1 atom stereocenters. The average molecular weight is 424 g/mol. The Morgan fingerprint density at radius 3 is 2.07 bits per heavy atom. The van der Waals surface area contributed by atoms with Crippen molar-refractivity contribution in [3.05, 3.63) is 100 Å². The molecule has 5 heteroatoms. The number of benzene rings is 3. The lowest BCUT2D eigenvalue weighted by molar-refractivity contribution is 0.0696. The molecule has 0 saturated heterocycles. The lowest BCUT2D eigenvalue weighted by atomic mass is 9.97. The van der Waals surface area contributed by atoms with Gasteiger partial charge in [-0.25, -0.2) is 4.79 Å². The average Bonchev–Trinajstić information content (AvgIpc) is 2.69. The third-order valence-corrected chi connectivity index (χ3v) is 4.76. The van der Waals surface area contributed by atoms with Crippen LogP contribution in [0.3, 0.4) is 0 Å². The third kappa shape index (κ3) is 5.05. The Hall–Kier alpha value is -2.92. The van der Waals surface area contributed by atoms with E-state index in [0.29, 0.717) is 5.56 Å². The van der Waals surface area contributed by atoms with Crippen molar-refractivity contribution in [3.63, 3.8) is 0 Å². The van der Waals surface area contributed by atoms with Crippen LogP contribution in [-0.2, 0) is 0 Å². The smallest absolute Gasteiger partial charge is 0.335 e. The van der Waals surface area contributed by atoms with Gasteiger partial charge in [-0.3, -0.25) is 4.79 Å². The van der Waals surface area contributed by atoms with Gasteiger partial charge in [0.2, 0.25) is 0 Å². The van der Waals surface area contributed by atoms with Crippen molar-refractivity contribution in [2.75, 3.05) is 5.32 Å². The zero-order valence-electron chi connectivity index (χ0n) is 14.4. The number of hydrogen-bond donors (Lipinski definition) is 2. The number of carbonyl (C=O) groups excluding carboxylic acids is 1. The maximum atomic E-state index is 12.7. The number of carboxylic acid groups (broad SMARTS) is 1. The first kappa shape index (κ1) is 18.9. The second-order valence-corrected chi connectivity index (χ2v) is 7.04. The van der Waals surface area contributed by atoms with E-state index in [4.69, 9.17) is 5.11 Å². The number of carboxylic acids is 1. The number of hydrogen-bond acceptors (Lipinski definition) is 3. The van der Waals surface area contributed by atoms with Crippen molar-refractivity contribution in [1.82, 2.24) is 0 Å². The standard InChI is InChI=1S/C22H18BrNO3/c23-18-10-6-15(7-11-18)20(14-21(25)16-4-2-1-3-5-16)24-19-12-8-17(9-13-19)22(26)27/h1-13,20,24H,14H2,(H,26,27)/t20-/m0/s1. The summed E-state index contributed by atoms with van der Waals surface area (Å²) in [6.07, 6.45) is 0.284. The van der Waals surface area contributed by atoms with Crippen LogP contribution in [0.25, 0.3) is 0 Å². The number of aromatic carboxylic acids is 1. The van der Waals surface area contributed by atoms with E-state index in [1.54, 1.807) is 24.3 Å². The van der Waals surface area contributed by atoms with Gasteiger partial charge in [0.1, 0.15) is 0 Å². The number of Topliss-reactive ketones (excluding diaryl/α,β-unsaturated/α-hetero) is 1. The van der Waals surface area contributed by atoms with Crippen LogP contribution in [0.15, 0.2) is 83.3 Å². The van der Waals surface area contributed by atoms with E-state index in [0.717, 1.165) is 15.7 Å². The van der Waals surface area contributed by atoms with E-state index in [1.165, 1.54) is 0 Å². The van der Waals surface area contributed by atoms with Crippen molar-refractivity contribution in [3.8, 4) is 0 Å². The Morgan fingerprint density at radius 2 is 1.48 bits per heavy atom. The summed E-state index contributed by atoms with van der Waals surface area (Å²) < 4.78 is 0.963. The van der Waals surface area contributed by atoms with Crippen LogP contribution >= 0.6 is 15.9 Å². The van der Waals surface area contributed by atoms with Gasteiger partial charge in [-0.2, -0.15) is 0 Å². The summed E-state index contributed by atoms with van der Waals surface area (Å²) in [7, 11) is 0. The molecule has 3 aromatic rings. The summed E-state index contributed by atoms with van der Waals surface area (Å²) in [4.78, 5) is 23.7. The molecule has 4 nitrogen and oxygen atoms in total. The SMILES string of the molecule is O=C(O)c1ccc(N[C@@H](CC(=O)c2ccccc2)c2ccc(Br)cc2)cc1. The predicted molar refractivity (Wildman–Crippen MR) is 109 cm³/mol. The highest BCUT2D eigenvalue weighted by atomic mass is 79.9. The summed E-state index contributed by atoms with van der Waals surface area (Å²) in [5.41, 5.74) is 2.63. The molecule has 0 aliphatic heterocycles. The quantitative estimate of drug-likeness (QED) is 0.487. The molecule has 0 aliphatic rings. The van der Waals surface area contributed by atoms with Gasteiger partial charge in [-0.05, 0) is 42.0 Å². The van der Waals surface area contributed by atoms with Crippen molar-refractivity contribution in [2.45, 2.75) is 12.5 Å². The van der Waals surface area contributed by atoms with Gasteiger partial charge in [0.05, 0.1) is 11.6 Å². The fourth-order valence-corrected chi connectivity index (χ4v) is 3.05. The van der Waals surface area contributed by atoms with Gasteiger partial charge in [0.25, 0.3) is 0 Å². The lowest BCUT2D eigenvalue weighted by Gasteiger charge is -2.20. The summed E-state index contributed by atoms with van der Waals surface area (Å²) in [6, 6.07) is 23.3. The monoisotopic (exact) mass is 423 g/mol. The van der Waals surface area contributed by atoms with Crippen LogP contribution in [0.1, 0.15) is 38.7 Å². The highest BCUT2D eigenvalue weighted by Crippen LogP contribution is 2.26. The van der Waals surface area contributed by atoms with Crippen LogP contribution < -0.4 is 5.32 Å². The number of rotatable bonds is 7. The molecule has 27 heavy (non-hydrogen) atoms. The lowest BCUT2D eigenvalue weighted by Crippen LogP contribution is -2.16. The number of nitrogens with one attached hydrogen (secondary N) is 1. The summed E-state index contributed by atoms with van der Waals surface area (Å²) in [6.45, 7) is 0. The zero-order valence-corrected chi connectivity index (χ0v) is 16.0. The van der Waals surface area contributed by atoms with Gasteiger partial charge in [-0.15, -0.1) is 0 Å². The molecule has 0 aromatic heterocycles. The minimum atomic E-state index is -0.967. The van der Waals surface area contributed by atoms with E-state index in [-0.39, 0.29) is 23.8 Å². The number of anilines is 1. The largest absolute Gasteiger partial charge is 0.478 e. The minimum absolute atomic E-state index is 0.0400. The molecule has 0 unspecified atom stereocenters. The fraction of sp³-hybridized carbons (Fsp3) is 0.0909. The van der Waals surface area contributed by atoms with Crippen LogP contribution in [-0.4, -0.2) is 16.9 Å². The molecule has 0 bridgehead atoms. The van der Waals surface area contributed by atoms with Crippen LogP contribution in [0.2, 0.25) is 0 Å². The Labute approximate surface area is 166 Å². The van der Waals surface area contributed by atoms with E-state index in [1.807, 2.05) is 54.6 Å². The molecule has 0 aliphatic carbocycles. The maximum Gasteiger partial charge on any atom is 0.335 e. The van der Waals surface area contributed by atoms with Crippen molar-refractivity contribution in [2.24, 2.45) is 0 Å². The molecule has 0 amide bonds. The Kier molecular flexibility index (Phi) is 6.04. The number of ketones is 1. The zero-order chi connectivity index (χ0) is 19.2. The van der Waals surface area contributed by atoms with Crippen molar-refractivity contribution >= 4 is 33.4 Å². The van der Waals surface area contributed by atoms with Gasteiger partial charge in [0, 0.05) is 22.1 Å². The molecule has 0 saturated carbocycles. The highest BCUT2D eigenvalue weighted by Gasteiger charge is 2.17. The first-order chi connectivity index (χ1) is 13.0. The van der Waals surface area contributed by atoms with Gasteiger partial charge >= 0.3 is 5.97 Å². The normalized spacial score (nSPS) is 11.6. The number of halogens is 1. The molecule has 0 spiro atoms. The first-order valence-electron chi connectivity index (χ1n) is 8.46. The second kappa shape index (κ2) is 8.64. The fourth-order valence-electron chi connectivity index (χ4n) is 2.78. The predicted octanol–water partition coefficient (Wildman–Crippen LogP) is 5.57. The summed E-state index contributed by atoms with van der Waals surface area (Å²) >= 11 is 3.43. The van der Waals surface area contributed by atoms with Crippen LogP contribution in [0.5, 0.6) is 0 Å². The molecule has 0 heterocycles. The Morgan fingerprint density at radius 1 is 0.852 bits per heavy atom. The molecule has 2 N–H and O–H groups in total. The maximum absolute atomic E-state index is 12.7. The van der Waals surface area contributed by atoms with Crippen molar-refractivity contribution < 1.29 is 14.7 Å². The highest BCUT2D eigenvalue weighted by molar-refractivity contribution is 9.10. The first-order valence-corrected chi connectivity index (χ1v) is 9.26. The molecular weight excluding hydrogens is 406 g/mol. The summed E-state index contributed by atoms with van der Waals surface area (Å²) in [5, 5.41) is 12.4. The Bertz CT molecular complexity index is 922. The third-order valence-electron chi connectivity index (χ3n) is 4.23. The van der Waals surface area contributed by atoms with Crippen LogP contribution in [0.4, 0.5) is 5.69 Å². The van der Waals surface area contributed by atoms with Gasteiger partial charge in [-0.1, -0.05) is 58.4 Å². The van der Waals surface area contributed by atoms with E-state index in [2.05, 4.69) is 21.2 Å². The molecule has 136 valence electrons. The topological polar surface area (TPSA) is 66.4 Å². The van der Waals surface area contributed by atoms with Gasteiger partial charge < -0.3 is 10.4 Å².